The lowest BCUT2D eigenvalue weighted by molar-refractivity contribution is -0.109. The van der Waals surface area contributed by atoms with E-state index in [1.165, 1.54) is 10.8 Å². The molecule has 0 bridgehead atoms. The lowest BCUT2D eigenvalue weighted by atomic mass is 9.79. The predicted octanol–water partition coefficient (Wildman–Crippen LogP) is 5.45. The SMILES string of the molecule is CC1(CCO)Nc2cccc3cccc(c23)N1.CCC1(C)N=c2c(=C3C(=O)C(c4ccc5cccc6c5c4NC(C)(CCO)N6)=C3O)ccc3cccc(c23)N1.O.O=c1c(O)c(O)c1=O. The van der Waals surface area contributed by atoms with Crippen molar-refractivity contribution in [3.8, 4) is 11.5 Å². The lowest BCUT2D eigenvalue weighted by Crippen LogP contribution is -2.46. The van der Waals surface area contributed by atoms with E-state index < -0.39 is 33.7 Å². The maximum Gasteiger partial charge on any atom is 0.275 e. The quantitative estimate of drug-likeness (QED) is 0.0935. The van der Waals surface area contributed by atoms with E-state index in [9.17, 15) is 24.6 Å². The van der Waals surface area contributed by atoms with Gasteiger partial charge in [0.25, 0.3) is 10.9 Å². The Morgan fingerprint density at radius 2 is 1.02 bits per heavy atom. The number of ketones is 1. The van der Waals surface area contributed by atoms with Crippen LogP contribution >= 0.6 is 0 Å². The highest BCUT2D eigenvalue weighted by Gasteiger charge is 2.40. The van der Waals surface area contributed by atoms with Gasteiger partial charge in [0, 0.05) is 75.7 Å². The number of allylic oxidation sites excluding steroid dienone is 2. The molecule has 2 atom stereocenters. The van der Waals surface area contributed by atoms with Gasteiger partial charge in [0.05, 0.1) is 22.2 Å². The third-order valence-corrected chi connectivity index (χ3v) is 12.6. The Kier molecular flexibility index (Phi) is 11.1. The molecule has 11 rings (SSSR count). The molecule has 0 amide bonds. The summed E-state index contributed by atoms with van der Waals surface area (Å²) in [5, 5.41) is 72.1. The van der Waals surface area contributed by atoms with Crippen LogP contribution in [0.4, 0.5) is 28.4 Å². The fourth-order valence-electron chi connectivity index (χ4n) is 9.08. The fourth-order valence-corrected chi connectivity index (χ4v) is 9.08. The summed E-state index contributed by atoms with van der Waals surface area (Å²) in [6.07, 6.45) is 1.89. The smallest absolute Gasteiger partial charge is 0.275 e. The van der Waals surface area contributed by atoms with Gasteiger partial charge in [0.2, 0.25) is 17.3 Å². The minimum absolute atomic E-state index is 0. The van der Waals surface area contributed by atoms with Gasteiger partial charge < -0.3 is 57.6 Å². The highest BCUT2D eigenvalue weighted by atomic mass is 16.3. The average molecular weight is 879 g/mol. The van der Waals surface area contributed by atoms with Crippen molar-refractivity contribution in [3.05, 3.63) is 139 Å². The van der Waals surface area contributed by atoms with E-state index in [0.717, 1.165) is 61.8 Å². The van der Waals surface area contributed by atoms with Crippen LogP contribution in [0.3, 0.4) is 0 Å². The van der Waals surface area contributed by atoms with E-state index in [-0.39, 0.29) is 35.9 Å². The first kappa shape index (κ1) is 44.2. The molecule has 334 valence electrons. The van der Waals surface area contributed by atoms with Gasteiger partial charge in [-0.3, -0.25) is 19.4 Å². The molecule has 3 heterocycles. The number of benzene rings is 6. The molecule has 4 aliphatic rings. The lowest BCUT2D eigenvalue weighted by Gasteiger charge is -2.40. The number of carbonyl (C=O) groups excluding carboxylic acids is 1. The van der Waals surface area contributed by atoms with Crippen LogP contribution in [0.1, 0.15) is 52.5 Å². The predicted molar refractivity (Wildman–Crippen MR) is 256 cm³/mol. The molecule has 2 unspecified atom stereocenters. The summed E-state index contributed by atoms with van der Waals surface area (Å²) in [4.78, 5) is 38.9. The van der Waals surface area contributed by atoms with Crippen LogP contribution in [0.15, 0.2) is 117 Å². The Labute approximate surface area is 372 Å². The first-order valence-corrected chi connectivity index (χ1v) is 21.2. The van der Waals surface area contributed by atoms with Gasteiger partial charge in [0.15, 0.2) is 0 Å². The zero-order valence-corrected chi connectivity index (χ0v) is 36.2. The maximum absolute atomic E-state index is 13.9. The third kappa shape index (κ3) is 7.32. The van der Waals surface area contributed by atoms with Gasteiger partial charge in [-0.05, 0) is 67.6 Å². The summed E-state index contributed by atoms with van der Waals surface area (Å²) in [6.45, 7) is 8.32. The van der Waals surface area contributed by atoms with E-state index in [4.69, 9.17) is 20.3 Å². The van der Waals surface area contributed by atoms with E-state index in [0.29, 0.717) is 34.8 Å². The average Bonchev–Trinajstić information content (AvgIpc) is 3.28. The van der Waals surface area contributed by atoms with E-state index in [1.807, 2.05) is 74.5 Å². The molecular formula is C50H50N6O9. The van der Waals surface area contributed by atoms with Crippen molar-refractivity contribution in [1.29, 1.82) is 0 Å². The zero-order chi connectivity index (χ0) is 45.3. The monoisotopic (exact) mass is 878 g/mol. The van der Waals surface area contributed by atoms with Gasteiger partial charge in [-0.1, -0.05) is 79.7 Å². The molecule has 15 heteroatoms. The summed E-state index contributed by atoms with van der Waals surface area (Å²) >= 11 is 0. The number of carbonyl (C=O) groups is 1. The Bertz CT molecular complexity index is 3270. The highest BCUT2D eigenvalue weighted by Crippen LogP contribution is 2.47. The number of hydrogen-bond donors (Lipinski definition) is 10. The molecule has 0 fully saturated rings. The van der Waals surface area contributed by atoms with Gasteiger partial charge in [-0.15, -0.1) is 0 Å². The number of aromatic hydroxyl groups is 2. The summed E-state index contributed by atoms with van der Waals surface area (Å²) in [7, 11) is 0. The van der Waals surface area contributed by atoms with Crippen LogP contribution < -0.4 is 48.0 Å². The Morgan fingerprint density at radius 1 is 0.554 bits per heavy atom. The molecule has 65 heavy (non-hydrogen) atoms. The molecule has 0 saturated heterocycles. The molecule has 1 aliphatic carbocycles. The van der Waals surface area contributed by atoms with Crippen LogP contribution in [0, 0.1) is 0 Å². The number of nitrogens with zero attached hydrogens (tertiary/aromatic N) is 1. The number of nitrogens with one attached hydrogen (secondary N) is 5. The van der Waals surface area contributed by atoms with E-state index in [2.05, 4.69) is 76.8 Å². The maximum atomic E-state index is 13.9. The topological polar surface area (TPSA) is 256 Å². The van der Waals surface area contributed by atoms with Gasteiger partial charge in [-0.25, -0.2) is 0 Å². The number of Topliss-reactive ketones (excluding diaryl/α,β-unsaturated/α-hetero) is 1. The first-order chi connectivity index (χ1) is 30.6. The molecular weight excluding hydrogens is 829 g/mol. The zero-order valence-electron chi connectivity index (χ0n) is 36.2. The summed E-state index contributed by atoms with van der Waals surface area (Å²) in [5.74, 6) is -1.87. The number of aliphatic hydroxyl groups is 3. The number of rotatable bonds is 6. The molecule has 12 N–H and O–H groups in total. The third-order valence-electron chi connectivity index (χ3n) is 12.6. The molecule has 15 nitrogen and oxygen atoms in total. The number of aliphatic hydroxyl groups excluding tert-OH is 3. The molecule has 3 aliphatic heterocycles. The summed E-state index contributed by atoms with van der Waals surface area (Å²) in [5.41, 5.74) is 2.76. The molecule has 0 radical (unpaired) electrons. The van der Waals surface area contributed by atoms with Gasteiger partial charge >= 0.3 is 0 Å². The summed E-state index contributed by atoms with van der Waals surface area (Å²) in [6, 6.07) is 32.3. The fraction of sp³-hybridized carbons (Fsp3) is 0.240. The first-order valence-electron chi connectivity index (χ1n) is 21.2. The van der Waals surface area contributed by atoms with Crippen LogP contribution in [-0.4, -0.2) is 67.0 Å². The molecule has 0 aromatic heterocycles. The van der Waals surface area contributed by atoms with Gasteiger partial charge in [-0.2, -0.15) is 0 Å². The second-order valence-electron chi connectivity index (χ2n) is 17.2. The Hall–Kier alpha value is -7.46. The van der Waals surface area contributed by atoms with Crippen molar-refractivity contribution in [1.82, 2.24) is 0 Å². The van der Waals surface area contributed by atoms with E-state index >= 15 is 0 Å². The number of anilines is 5. The normalized spacial score (nSPS) is 20.2. The molecule has 7 aromatic carbocycles. The van der Waals surface area contributed by atoms with Crippen molar-refractivity contribution >= 4 is 77.7 Å². The van der Waals surface area contributed by atoms with Crippen molar-refractivity contribution in [3.63, 3.8) is 0 Å². The Morgan fingerprint density at radius 3 is 1.51 bits per heavy atom. The second-order valence-corrected chi connectivity index (χ2v) is 17.2. The molecule has 7 aromatic rings. The standard InChI is InChI=1S/C32H30N4O3.C14H16N2O.C4H2O4.H2O/c1-4-31(2)33-21-9-5-7-17-11-13-19(27(35-31)23(17)21)25-29(38)26(30(25)39)20-14-12-18-8-6-10-22-24(18)28(20)36-32(3,34-22)15-16-37;1-14(8-9-17)15-11-6-2-4-10-5-3-7-12(16-14)13(10)11;5-1-2(6)4(8)3(1)7;/h5-14,33-34,36-38H,4,15-16H2,1-3H3;2-7,15-17H,8-9H2,1H3;5-6H;1H2. The number of hydrogen-bond acceptors (Lipinski definition) is 14. The van der Waals surface area contributed by atoms with Crippen molar-refractivity contribution in [2.45, 2.75) is 63.9 Å². The van der Waals surface area contributed by atoms with Crippen molar-refractivity contribution in [2.24, 2.45) is 4.99 Å². The van der Waals surface area contributed by atoms with Crippen LogP contribution in [-0.2, 0) is 4.79 Å². The highest BCUT2D eigenvalue weighted by molar-refractivity contribution is 6.52. The van der Waals surface area contributed by atoms with Crippen molar-refractivity contribution in [2.75, 3.05) is 39.8 Å². The molecule has 0 spiro atoms. The summed E-state index contributed by atoms with van der Waals surface area (Å²) < 4.78 is 0. The Balaban J connectivity index is 0.000000181. The van der Waals surface area contributed by atoms with Gasteiger partial charge in [0.1, 0.15) is 22.7 Å². The molecule has 0 saturated carbocycles. The minimum atomic E-state index is -1.01. The second kappa shape index (κ2) is 16.3. The minimum Gasteiger partial charge on any atom is -0.506 e. The van der Waals surface area contributed by atoms with Crippen LogP contribution in [0.2, 0.25) is 0 Å². The largest absolute Gasteiger partial charge is 0.506 e. The van der Waals surface area contributed by atoms with Crippen molar-refractivity contribution < 1.29 is 35.8 Å². The van der Waals surface area contributed by atoms with Crippen LogP contribution in [0.5, 0.6) is 11.5 Å². The van der Waals surface area contributed by atoms with Crippen LogP contribution in [0.25, 0.3) is 43.5 Å². The van der Waals surface area contributed by atoms with E-state index in [1.54, 1.807) is 0 Å².